The van der Waals surface area contributed by atoms with Crippen LogP contribution in [0, 0.1) is 11.6 Å². The summed E-state index contributed by atoms with van der Waals surface area (Å²) in [7, 11) is 0. The zero-order valence-corrected chi connectivity index (χ0v) is 11.1. The van der Waals surface area contributed by atoms with Crippen molar-refractivity contribution in [1.82, 2.24) is 9.13 Å². The second-order valence-electron chi connectivity index (χ2n) is 4.76. The molecule has 0 fully saturated rings. The number of Topliss-reactive ketones (excluding diaryl/α,β-unsaturated/α-hetero) is 1. The standard InChI is InChI=1S/C14H14F2N2O2/c1-9(2)18-6-5-17(14(18)20)8-13(19)10-3-4-11(15)12(16)7-10/h3-7,9H,8H2,1-2H3. The fraction of sp³-hybridized carbons (Fsp3) is 0.286. The van der Waals surface area contributed by atoms with Crippen LogP contribution in [0.3, 0.4) is 0 Å². The fourth-order valence-corrected chi connectivity index (χ4v) is 1.86. The molecule has 0 N–H and O–H groups in total. The quantitative estimate of drug-likeness (QED) is 0.807. The van der Waals surface area contributed by atoms with Crippen LogP contribution in [0.2, 0.25) is 0 Å². The van der Waals surface area contributed by atoms with Crippen LogP contribution in [0.5, 0.6) is 0 Å². The van der Waals surface area contributed by atoms with Crippen LogP contribution >= 0.6 is 0 Å². The van der Waals surface area contributed by atoms with Gasteiger partial charge in [0.05, 0.1) is 6.54 Å². The topological polar surface area (TPSA) is 44.0 Å². The molecule has 0 spiro atoms. The van der Waals surface area contributed by atoms with Gasteiger partial charge in [-0.25, -0.2) is 13.6 Å². The third-order valence-corrected chi connectivity index (χ3v) is 2.99. The van der Waals surface area contributed by atoms with E-state index in [4.69, 9.17) is 0 Å². The maximum atomic E-state index is 13.1. The van der Waals surface area contributed by atoms with E-state index in [-0.39, 0.29) is 23.8 Å². The van der Waals surface area contributed by atoms with E-state index in [9.17, 15) is 18.4 Å². The molecule has 0 unspecified atom stereocenters. The smallest absolute Gasteiger partial charge is 0.297 e. The number of imidazole rings is 1. The van der Waals surface area contributed by atoms with Gasteiger partial charge in [-0.15, -0.1) is 0 Å². The highest BCUT2D eigenvalue weighted by molar-refractivity contribution is 5.95. The molecule has 0 bridgehead atoms. The van der Waals surface area contributed by atoms with Crippen molar-refractivity contribution in [2.24, 2.45) is 0 Å². The summed E-state index contributed by atoms with van der Waals surface area (Å²) in [4.78, 5) is 23.9. The van der Waals surface area contributed by atoms with Crippen molar-refractivity contribution in [3.63, 3.8) is 0 Å². The molecule has 1 aromatic carbocycles. The molecular formula is C14H14F2N2O2. The summed E-state index contributed by atoms with van der Waals surface area (Å²) < 4.78 is 28.6. The number of rotatable bonds is 4. The molecule has 6 heteroatoms. The summed E-state index contributed by atoms with van der Waals surface area (Å²) in [6.45, 7) is 3.50. The van der Waals surface area contributed by atoms with Gasteiger partial charge >= 0.3 is 5.69 Å². The number of aromatic nitrogens is 2. The van der Waals surface area contributed by atoms with Crippen molar-refractivity contribution in [2.75, 3.05) is 0 Å². The molecule has 0 saturated carbocycles. The maximum Gasteiger partial charge on any atom is 0.328 e. The first-order valence-electron chi connectivity index (χ1n) is 6.15. The third-order valence-electron chi connectivity index (χ3n) is 2.99. The lowest BCUT2D eigenvalue weighted by Crippen LogP contribution is -2.27. The predicted molar refractivity (Wildman–Crippen MR) is 69.8 cm³/mol. The summed E-state index contributed by atoms with van der Waals surface area (Å²) in [5.41, 5.74) is -0.274. The van der Waals surface area contributed by atoms with Crippen LogP contribution in [-0.4, -0.2) is 14.9 Å². The van der Waals surface area contributed by atoms with Gasteiger partial charge in [-0.3, -0.25) is 13.9 Å². The fourth-order valence-electron chi connectivity index (χ4n) is 1.86. The Morgan fingerprint density at radius 1 is 1.20 bits per heavy atom. The number of carbonyl (C=O) groups excluding carboxylic acids is 1. The lowest BCUT2D eigenvalue weighted by atomic mass is 10.1. The van der Waals surface area contributed by atoms with E-state index in [1.807, 2.05) is 13.8 Å². The molecule has 0 aliphatic heterocycles. The summed E-state index contributed by atoms with van der Waals surface area (Å²) in [6.07, 6.45) is 3.09. The highest BCUT2D eigenvalue weighted by Gasteiger charge is 2.13. The van der Waals surface area contributed by atoms with Crippen molar-refractivity contribution >= 4 is 5.78 Å². The Labute approximate surface area is 114 Å². The van der Waals surface area contributed by atoms with Crippen LogP contribution in [0.4, 0.5) is 8.78 Å². The summed E-state index contributed by atoms with van der Waals surface area (Å²) >= 11 is 0. The van der Waals surface area contributed by atoms with Crippen LogP contribution < -0.4 is 5.69 Å². The number of benzene rings is 1. The molecule has 20 heavy (non-hydrogen) atoms. The molecule has 1 aromatic heterocycles. The van der Waals surface area contributed by atoms with Crippen LogP contribution in [-0.2, 0) is 6.54 Å². The SMILES string of the molecule is CC(C)n1ccn(CC(=O)c2ccc(F)c(F)c2)c1=O. The van der Waals surface area contributed by atoms with Gasteiger partial charge in [0, 0.05) is 24.0 Å². The van der Waals surface area contributed by atoms with Crippen molar-refractivity contribution in [3.8, 4) is 0 Å². The molecule has 0 atom stereocenters. The first-order valence-corrected chi connectivity index (χ1v) is 6.15. The van der Waals surface area contributed by atoms with E-state index in [0.717, 1.165) is 12.1 Å². The van der Waals surface area contributed by atoms with E-state index < -0.39 is 17.4 Å². The minimum Gasteiger partial charge on any atom is -0.297 e. The van der Waals surface area contributed by atoms with E-state index >= 15 is 0 Å². The predicted octanol–water partition coefficient (Wildman–Crippen LogP) is 2.39. The number of hydrogen-bond donors (Lipinski definition) is 0. The normalized spacial score (nSPS) is 11.1. The van der Waals surface area contributed by atoms with Gasteiger partial charge in [0.15, 0.2) is 17.4 Å². The molecule has 0 radical (unpaired) electrons. The zero-order valence-electron chi connectivity index (χ0n) is 11.1. The molecule has 0 aliphatic rings. The average molecular weight is 280 g/mol. The third kappa shape index (κ3) is 2.68. The Bertz CT molecular complexity index is 701. The summed E-state index contributed by atoms with van der Waals surface area (Å²) in [5.74, 6) is -2.54. The average Bonchev–Trinajstić information content (AvgIpc) is 2.74. The minimum atomic E-state index is -1.08. The first-order chi connectivity index (χ1) is 9.40. The van der Waals surface area contributed by atoms with Gasteiger partial charge < -0.3 is 0 Å². The number of halogens is 2. The van der Waals surface area contributed by atoms with E-state index in [1.54, 1.807) is 6.20 Å². The van der Waals surface area contributed by atoms with Crippen molar-refractivity contribution in [3.05, 3.63) is 58.3 Å². The van der Waals surface area contributed by atoms with Crippen LogP contribution in [0.1, 0.15) is 30.2 Å². The second kappa shape index (κ2) is 5.40. The number of ketones is 1. The molecule has 4 nitrogen and oxygen atoms in total. The van der Waals surface area contributed by atoms with E-state index in [0.29, 0.717) is 0 Å². The Morgan fingerprint density at radius 2 is 1.90 bits per heavy atom. The van der Waals surface area contributed by atoms with Crippen molar-refractivity contribution in [1.29, 1.82) is 0 Å². The second-order valence-corrected chi connectivity index (χ2v) is 4.76. The lowest BCUT2D eigenvalue weighted by Gasteiger charge is -2.05. The zero-order chi connectivity index (χ0) is 14.9. The number of nitrogens with zero attached hydrogens (tertiary/aromatic N) is 2. The van der Waals surface area contributed by atoms with Gasteiger partial charge in [-0.2, -0.15) is 0 Å². The Kier molecular flexibility index (Phi) is 3.83. The van der Waals surface area contributed by atoms with Gasteiger partial charge in [0.1, 0.15) is 0 Å². The Hall–Kier alpha value is -2.24. The van der Waals surface area contributed by atoms with Crippen molar-refractivity contribution in [2.45, 2.75) is 26.4 Å². The Morgan fingerprint density at radius 3 is 2.45 bits per heavy atom. The van der Waals surface area contributed by atoms with E-state index in [2.05, 4.69) is 0 Å². The lowest BCUT2D eigenvalue weighted by molar-refractivity contribution is 0.0970. The summed E-state index contributed by atoms with van der Waals surface area (Å²) in [5, 5.41) is 0. The molecule has 106 valence electrons. The first kappa shape index (κ1) is 14.2. The van der Waals surface area contributed by atoms with Crippen LogP contribution in [0.15, 0.2) is 35.4 Å². The highest BCUT2D eigenvalue weighted by Crippen LogP contribution is 2.10. The summed E-state index contributed by atoms with van der Waals surface area (Å²) in [6, 6.07) is 2.92. The maximum absolute atomic E-state index is 13.1. The molecule has 1 heterocycles. The molecule has 0 aliphatic carbocycles. The molecule has 0 amide bonds. The Balaban J connectivity index is 2.24. The van der Waals surface area contributed by atoms with Crippen LogP contribution in [0.25, 0.3) is 0 Å². The van der Waals surface area contributed by atoms with Gasteiger partial charge in [0.2, 0.25) is 0 Å². The number of hydrogen-bond acceptors (Lipinski definition) is 2. The highest BCUT2D eigenvalue weighted by atomic mass is 19.2. The largest absolute Gasteiger partial charge is 0.328 e. The van der Waals surface area contributed by atoms with Crippen molar-refractivity contribution < 1.29 is 13.6 Å². The molecule has 2 aromatic rings. The minimum absolute atomic E-state index is 0.0119. The van der Waals surface area contributed by atoms with Gasteiger partial charge in [-0.1, -0.05) is 0 Å². The molecular weight excluding hydrogens is 266 g/mol. The molecule has 0 saturated heterocycles. The van der Waals surface area contributed by atoms with Gasteiger partial charge in [-0.05, 0) is 32.0 Å². The van der Waals surface area contributed by atoms with E-state index in [1.165, 1.54) is 21.4 Å². The number of carbonyl (C=O) groups is 1. The monoisotopic (exact) mass is 280 g/mol. The van der Waals surface area contributed by atoms with Gasteiger partial charge in [0.25, 0.3) is 0 Å². The molecule has 2 rings (SSSR count).